The zero-order chi connectivity index (χ0) is 10.1. The lowest BCUT2D eigenvalue weighted by atomic mass is 9.86. The molecule has 0 atom stereocenters. The number of rotatable bonds is 1. The second-order valence-electron chi connectivity index (χ2n) is 3.70. The molecule has 0 radical (unpaired) electrons. The minimum atomic E-state index is -0.380. The number of hydrogen-bond donors (Lipinski definition) is 0. The molecule has 2 heteroatoms. The Morgan fingerprint density at radius 3 is 2.46 bits per heavy atom. The van der Waals surface area contributed by atoms with E-state index in [1.807, 2.05) is 19.9 Å². The Labute approximate surface area is 92.9 Å². The lowest BCUT2D eigenvalue weighted by Crippen LogP contribution is -2.13. The number of benzene rings is 1. The van der Waals surface area contributed by atoms with Crippen molar-refractivity contribution in [1.29, 1.82) is 5.26 Å². The van der Waals surface area contributed by atoms with Crippen LogP contribution in [-0.2, 0) is 5.41 Å². The van der Waals surface area contributed by atoms with Gasteiger partial charge in [-0.15, -0.1) is 0 Å². The Balaban J connectivity index is 3.20. The summed E-state index contributed by atoms with van der Waals surface area (Å²) in [5, 5.41) is 8.96. The summed E-state index contributed by atoms with van der Waals surface area (Å²) in [6.07, 6.45) is 0. The van der Waals surface area contributed by atoms with Gasteiger partial charge in [-0.3, -0.25) is 0 Å². The van der Waals surface area contributed by atoms with Gasteiger partial charge in [0.05, 0.1) is 11.5 Å². The molecule has 0 saturated carbocycles. The SMILES string of the molecule is Cc1cc(C(C)(C)C#N)ccc1I. The van der Waals surface area contributed by atoms with Gasteiger partial charge in [-0.2, -0.15) is 5.26 Å². The van der Waals surface area contributed by atoms with E-state index in [1.54, 1.807) is 0 Å². The first-order valence-electron chi connectivity index (χ1n) is 4.15. The fraction of sp³-hybridized carbons (Fsp3) is 0.364. The van der Waals surface area contributed by atoms with Crippen LogP contribution in [0.5, 0.6) is 0 Å². The van der Waals surface area contributed by atoms with E-state index in [0.29, 0.717) is 0 Å². The van der Waals surface area contributed by atoms with Gasteiger partial charge in [0.15, 0.2) is 0 Å². The fourth-order valence-corrected chi connectivity index (χ4v) is 1.43. The van der Waals surface area contributed by atoms with E-state index in [9.17, 15) is 0 Å². The van der Waals surface area contributed by atoms with Crippen molar-refractivity contribution >= 4 is 22.6 Å². The van der Waals surface area contributed by atoms with Crippen molar-refractivity contribution in [2.24, 2.45) is 0 Å². The Kier molecular flexibility index (Phi) is 2.97. The maximum Gasteiger partial charge on any atom is 0.0766 e. The zero-order valence-electron chi connectivity index (χ0n) is 8.06. The quantitative estimate of drug-likeness (QED) is 0.725. The van der Waals surface area contributed by atoms with Crippen LogP contribution in [0.3, 0.4) is 0 Å². The van der Waals surface area contributed by atoms with Crippen LogP contribution in [0, 0.1) is 21.8 Å². The van der Waals surface area contributed by atoms with Crippen LogP contribution in [0.25, 0.3) is 0 Å². The van der Waals surface area contributed by atoms with Crippen molar-refractivity contribution in [3.63, 3.8) is 0 Å². The molecule has 0 saturated heterocycles. The summed E-state index contributed by atoms with van der Waals surface area (Å²) in [5.74, 6) is 0. The largest absolute Gasteiger partial charge is 0.197 e. The lowest BCUT2D eigenvalue weighted by Gasteiger charge is -2.16. The van der Waals surface area contributed by atoms with Crippen LogP contribution >= 0.6 is 22.6 Å². The molecule has 1 nitrogen and oxygen atoms in total. The molecule has 0 amide bonds. The molecule has 0 aliphatic heterocycles. The number of aryl methyl sites for hydroxylation is 1. The van der Waals surface area contributed by atoms with Gasteiger partial charge in [-0.05, 0) is 60.6 Å². The van der Waals surface area contributed by atoms with E-state index in [2.05, 4.69) is 47.7 Å². The van der Waals surface area contributed by atoms with Crippen LogP contribution in [0.2, 0.25) is 0 Å². The summed E-state index contributed by atoms with van der Waals surface area (Å²) in [6, 6.07) is 8.48. The molecule has 68 valence electrons. The summed E-state index contributed by atoms with van der Waals surface area (Å²) in [4.78, 5) is 0. The van der Waals surface area contributed by atoms with Gasteiger partial charge in [0.25, 0.3) is 0 Å². The second kappa shape index (κ2) is 3.67. The van der Waals surface area contributed by atoms with Crippen LogP contribution < -0.4 is 0 Å². The molecule has 1 aromatic carbocycles. The predicted octanol–water partition coefficient (Wildman–Crippen LogP) is 3.40. The molecule has 0 aliphatic carbocycles. The Hall–Kier alpha value is -0.560. The monoisotopic (exact) mass is 285 g/mol. The molecule has 0 N–H and O–H groups in total. The molecule has 0 aliphatic rings. The maximum atomic E-state index is 8.96. The van der Waals surface area contributed by atoms with E-state index in [1.165, 1.54) is 9.13 Å². The topological polar surface area (TPSA) is 23.8 Å². The molecule has 1 rings (SSSR count). The summed E-state index contributed by atoms with van der Waals surface area (Å²) in [5.41, 5.74) is 1.95. The molecule has 0 heterocycles. The van der Waals surface area contributed by atoms with Crippen LogP contribution in [0.15, 0.2) is 18.2 Å². The molecule has 0 fully saturated rings. The molecule has 0 spiro atoms. The van der Waals surface area contributed by atoms with Crippen molar-refractivity contribution in [3.05, 3.63) is 32.9 Å². The number of hydrogen-bond acceptors (Lipinski definition) is 1. The standard InChI is InChI=1S/C11H12IN/c1-8-6-9(4-5-10(8)12)11(2,3)7-13/h4-6H,1-3H3. The molecule has 0 bridgehead atoms. The first kappa shape index (κ1) is 10.5. The van der Waals surface area contributed by atoms with E-state index in [4.69, 9.17) is 5.26 Å². The summed E-state index contributed by atoms with van der Waals surface area (Å²) < 4.78 is 1.25. The van der Waals surface area contributed by atoms with E-state index >= 15 is 0 Å². The smallest absolute Gasteiger partial charge is 0.0766 e. The van der Waals surface area contributed by atoms with Gasteiger partial charge in [0, 0.05) is 3.57 Å². The van der Waals surface area contributed by atoms with E-state index in [-0.39, 0.29) is 5.41 Å². The molecule has 0 aromatic heterocycles. The lowest BCUT2D eigenvalue weighted by molar-refractivity contribution is 0.686. The third kappa shape index (κ3) is 2.22. The fourth-order valence-electron chi connectivity index (χ4n) is 1.10. The highest BCUT2D eigenvalue weighted by molar-refractivity contribution is 14.1. The van der Waals surface area contributed by atoms with E-state index < -0.39 is 0 Å². The number of nitrogens with zero attached hydrogens (tertiary/aromatic N) is 1. The Bertz CT molecular complexity index is 361. The van der Waals surface area contributed by atoms with Gasteiger partial charge in [-0.25, -0.2) is 0 Å². The summed E-state index contributed by atoms with van der Waals surface area (Å²) >= 11 is 2.30. The van der Waals surface area contributed by atoms with Gasteiger partial charge in [-0.1, -0.05) is 12.1 Å². The first-order chi connectivity index (χ1) is 5.97. The maximum absolute atomic E-state index is 8.96. The minimum absolute atomic E-state index is 0.380. The van der Waals surface area contributed by atoms with Crippen molar-refractivity contribution in [3.8, 4) is 6.07 Å². The molecule has 13 heavy (non-hydrogen) atoms. The van der Waals surface area contributed by atoms with Crippen LogP contribution in [-0.4, -0.2) is 0 Å². The minimum Gasteiger partial charge on any atom is -0.197 e. The van der Waals surface area contributed by atoms with Crippen LogP contribution in [0.4, 0.5) is 0 Å². The third-order valence-electron chi connectivity index (χ3n) is 2.16. The van der Waals surface area contributed by atoms with Gasteiger partial charge < -0.3 is 0 Å². The highest BCUT2D eigenvalue weighted by Gasteiger charge is 2.19. The average molecular weight is 285 g/mol. The predicted molar refractivity (Wildman–Crippen MR) is 62.5 cm³/mol. The van der Waals surface area contributed by atoms with Gasteiger partial charge in [0.1, 0.15) is 0 Å². The second-order valence-corrected chi connectivity index (χ2v) is 4.86. The third-order valence-corrected chi connectivity index (χ3v) is 3.37. The average Bonchev–Trinajstić information content (AvgIpc) is 2.09. The van der Waals surface area contributed by atoms with Crippen LogP contribution in [0.1, 0.15) is 25.0 Å². The Morgan fingerprint density at radius 1 is 1.38 bits per heavy atom. The molecular weight excluding hydrogens is 273 g/mol. The Morgan fingerprint density at radius 2 is 2.00 bits per heavy atom. The molecule has 0 unspecified atom stereocenters. The summed E-state index contributed by atoms with van der Waals surface area (Å²) in [7, 11) is 0. The van der Waals surface area contributed by atoms with Crippen molar-refractivity contribution < 1.29 is 0 Å². The van der Waals surface area contributed by atoms with Crippen molar-refractivity contribution in [1.82, 2.24) is 0 Å². The highest BCUT2D eigenvalue weighted by atomic mass is 127. The van der Waals surface area contributed by atoms with Gasteiger partial charge in [0.2, 0.25) is 0 Å². The highest BCUT2D eigenvalue weighted by Crippen LogP contribution is 2.24. The normalized spacial score (nSPS) is 11.0. The number of halogens is 1. The first-order valence-corrected chi connectivity index (χ1v) is 5.23. The van der Waals surface area contributed by atoms with Gasteiger partial charge >= 0.3 is 0 Å². The zero-order valence-corrected chi connectivity index (χ0v) is 10.2. The van der Waals surface area contributed by atoms with Crippen molar-refractivity contribution in [2.45, 2.75) is 26.2 Å². The summed E-state index contributed by atoms with van der Waals surface area (Å²) in [6.45, 7) is 5.95. The number of nitriles is 1. The van der Waals surface area contributed by atoms with Crippen molar-refractivity contribution in [2.75, 3.05) is 0 Å². The van der Waals surface area contributed by atoms with E-state index in [0.717, 1.165) is 5.56 Å². The molecular formula is C11H12IN. The molecule has 1 aromatic rings.